The van der Waals surface area contributed by atoms with Crippen LogP contribution in [0.1, 0.15) is 23.1 Å². The first-order valence-electron chi connectivity index (χ1n) is 15.1. The highest BCUT2D eigenvalue weighted by atomic mass is 19.4. The van der Waals surface area contributed by atoms with Gasteiger partial charge in [-0.25, -0.2) is 18.0 Å². The van der Waals surface area contributed by atoms with Crippen LogP contribution >= 0.6 is 0 Å². The number of β-amino-alcohol motifs (C(OH)–C–C–N with tert-alkyl or cyclic N) is 1. The second-order valence-corrected chi connectivity index (χ2v) is 11.7. The molecule has 2 fully saturated rings. The Morgan fingerprint density at radius 3 is 2.22 bits per heavy atom. The number of piperazine rings is 1. The maximum Gasteiger partial charge on any atom is 0.420 e. The summed E-state index contributed by atoms with van der Waals surface area (Å²) >= 11 is 0. The molecule has 0 saturated carbocycles. The summed E-state index contributed by atoms with van der Waals surface area (Å²) in [6, 6.07) is 4.47. The van der Waals surface area contributed by atoms with Gasteiger partial charge in [-0.05, 0) is 36.4 Å². The predicted molar refractivity (Wildman–Crippen MR) is 163 cm³/mol. The Balaban J connectivity index is 1.46. The summed E-state index contributed by atoms with van der Waals surface area (Å²) < 4.78 is 129. The molecule has 2 saturated heterocycles. The summed E-state index contributed by atoms with van der Waals surface area (Å²) in [5, 5.41) is 10.4. The van der Waals surface area contributed by atoms with E-state index in [2.05, 4.69) is 4.99 Å². The number of aliphatic hydroxyl groups excluding tert-OH is 1. The predicted octanol–water partition coefficient (Wildman–Crippen LogP) is 5.15. The number of benzene rings is 2. The molecule has 18 heteroatoms. The Morgan fingerprint density at radius 1 is 1.04 bits per heavy atom. The lowest BCUT2D eigenvalue weighted by Crippen LogP contribution is -2.51. The number of anilines is 1. The van der Waals surface area contributed by atoms with Gasteiger partial charge in [0.25, 0.3) is 5.92 Å². The van der Waals surface area contributed by atoms with Gasteiger partial charge in [-0.2, -0.15) is 26.3 Å². The molecule has 3 N–H and O–H groups in total. The first-order chi connectivity index (χ1) is 22.9. The van der Waals surface area contributed by atoms with Gasteiger partial charge in [0.15, 0.2) is 5.75 Å². The molecule has 0 bridgehead atoms. The largest absolute Gasteiger partial charge is 0.420 e. The van der Waals surface area contributed by atoms with Crippen molar-refractivity contribution >= 4 is 23.6 Å². The zero-order chi connectivity index (χ0) is 36.1. The van der Waals surface area contributed by atoms with Crippen LogP contribution in [-0.2, 0) is 12.4 Å². The number of hydrogen-bond acceptors (Lipinski definition) is 8. The van der Waals surface area contributed by atoms with Crippen LogP contribution in [-0.4, -0.2) is 110 Å². The Bertz CT molecular complexity index is 1510. The zero-order valence-electron chi connectivity index (χ0n) is 26.2. The number of rotatable bonds is 10. The van der Waals surface area contributed by atoms with E-state index in [-0.39, 0.29) is 37.8 Å². The van der Waals surface area contributed by atoms with Crippen LogP contribution in [0.2, 0.25) is 0 Å². The van der Waals surface area contributed by atoms with Crippen LogP contribution in [0.25, 0.3) is 5.57 Å². The first kappa shape index (κ1) is 37.9. The van der Waals surface area contributed by atoms with Gasteiger partial charge in [-0.1, -0.05) is 0 Å². The van der Waals surface area contributed by atoms with Crippen molar-refractivity contribution in [2.45, 2.75) is 30.9 Å². The summed E-state index contributed by atoms with van der Waals surface area (Å²) in [6.45, 7) is 2.30. The third-order valence-electron chi connectivity index (χ3n) is 8.17. The molecule has 2 aliphatic rings. The Kier molecular flexibility index (Phi) is 11.9. The van der Waals surface area contributed by atoms with Crippen LogP contribution < -0.4 is 15.4 Å². The molecule has 4 rings (SSSR count). The van der Waals surface area contributed by atoms with E-state index >= 15 is 0 Å². The highest BCUT2D eigenvalue weighted by Crippen LogP contribution is 2.44. The third kappa shape index (κ3) is 10.1. The van der Waals surface area contributed by atoms with E-state index in [0.717, 1.165) is 48.6 Å². The number of likely N-dealkylation sites (tertiary alicyclic amines) is 1. The van der Waals surface area contributed by atoms with Gasteiger partial charge in [0.05, 0.1) is 24.2 Å². The number of nitrogens with zero attached hydrogens (tertiary/aromatic N) is 5. The van der Waals surface area contributed by atoms with E-state index < -0.39 is 71.0 Å². The molecule has 2 aliphatic heterocycles. The van der Waals surface area contributed by atoms with Gasteiger partial charge >= 0.3 is 18.4 Å². The fourth-order valence-corrected chi connectivity index (χ4v) is 5.38. The number of allylic oxidation sites excluding steroid dienone is 1. The molecule has 2 aromatic carbocycles. The van der Waals surface area contributed by atoms with Crippen molar-refractivity contribution < 1.29 is 54.2 Å². The van der Waals surface area contributed by atoms with Crippen molar-refractivity contribution in [3.8, 4) is 5.75 Å². The van der Waals surface area contributed by atoms with Crippen molar-refractivity contribution in [2.75, 3.05) is 70.9 Å². The highest BCUT2D eigenvalue weighted by molar-refractivity contribution is 6.11. The molecule has 1 amide bonds. The standard InChI is InChI=1S/C31H35F9N6O3/c1-43(23-4-2-22(32)3-5-23)28(48)49-27-24(14-21(30(35,36)37)15-25(27)31(38,39)40)20(16-41)17-42-7-9-44-10-12-45(13-11-44)18-26(47)46-8-6-29(33,34)19-46/h2-5,14-17,26,47H,6-13,18-19,41H2,1H3. The van der Waals surface area contributed by atoms with Gasteiger partial charge in [0.2, 0.25) is 0 Å². The average Bonchev–Trinajstić information content (AvgIpc) is 3.40. The van der Waals surface area contributed by atoms with Gasteiger partial charge in [0, 0.05) is 88.5 Å². The fourth-order valence-electron chi connectivity index (χ4n) is 5.38. The van der Waals surface area contributed by atoms with Gasteiger partial charge in [-0.3, -0.25) is 24.6 Å². The van der Waals surface area contributed by atoms with E-state index in [1.54, 1.807) is 0 Å². The molecule has 0 aromatic heterocycles. The number of nitrogens with two attached hydrogens (primary N) is 1. The molecule has 2 aromatic rings. The summed E-state index contributed by atoms with van der Waals surface area (Å²) in [5.41, 5.74) is 0.930. The Hall–Kier alpha value is -3.87. The summed E-state index contributed by atoms with van der Waals surface area (Å²) in [7, 11) is 1.12. The molecule has 49 heavy (non-hydrogen) atoms. The number of hydrogen-bond donors (Lipinski definition) is 2. The van der Waals surface area contributed by atoms with Crippen molar-refractivity contribution in [3.63, 3.8) is 0 Å². The van der Waals surface area contributed by atoms with Crippen molar-refractivity contribution in [1.82, 2.24) is 14.7 Å². The van der Waals surface area contributed by atoms with Crippen LogP contribution in [0.3, 0.4) is 0 Å². The van der Waals surface area contributed by atoms with Crippen LogP contribution in [0.5, 0.6) is 5.75 Å². The van der Waals surface area contributed by atoms with Crippen LogP contribution in [0, 0.1) is 5.82 Å². The van der Waals surface area contributed by atoms with Gasteiger partial charge < -0.3 is 15.6 Å². The normalized spacial score (nSPS) is 19.0. The zero-order valence-corrected chi connectivity index (χ0v) is 26.2. The highest BCUT2D eigenvalue weighted by Gasteiger charge is 2.42. The van der Waals surface area contributed by atoms with Crippen molar-refractivity contribution in [1.29, 1.82) is 0 Å². The molecule has 2 heterocycles. The molecule has 270 valence electrons. The first-order valence-corrected chi connectivity index (χ1v) is 15.1. The molecular weight excluding hydrogens is 675 g/mol. The minimum atomic E-state index is -5.39. The lowest BCUT2D eigenvalue weighted by molar-refractivity contribution is -0.143. The second-order valence-electron chi connectivity index (χ2n) is 11.7. The second kappa shape index (κ2) is 15.3. The number of ether oxygens (including phenoxy) is 1. The molecular formula is C31H35F9N6O3. The van der Waals surface area contributed by atoms with E-state index in [1.165, 1.54) is 4.90 Å². The average molecular weight is 711 g/mol. The van der Waals surface area contributed by atoms with Gasteiger partial charge in [-0.15, -0.1) is 0 Å². The smallest absolute Gasteiger partial charge is 0.409 e. The monoisotopic (exact) mass is 710 g/mol. The molecule has 0 radical (unpaired) electrons. The topological polar surface area (TPSA) is 97.9 Å². The van der Waals surface area contributed by atoms with Crippen molar-refractivity contribution in [2.24, 2.45) is 10.7 Å². The molecule has 1 unspecified atom stereocenters. The molecule has 0 aliphatic carbocycles. The van der Waals surface area contributed by atoms with E-state index in [9.17, 15) is 49.4 Å². The number of aliphatic imine (C=N–C) groups is 1. The quantitative estimate of drug-likeness (QED) is 0.260. The van der Waals surface area contributed by atoms with Crippen LogP contribution in [0.15, 0.2) is 47.6 Å². The third-order valence-corrected chi connectivity index (χ3v) is 8.17. The number of halogens is 9. The van der Waals surface area contributed by atoms with Crippen LogP contribution in [0.4, 0.5) is 50.0 Å². The minimum Gasteiger partial charge on any atom is -0.409 e. The van der Waals surface area contributed by atoms with E-state index in [1.807, 2.05) is 9.80 Å². The van der Waals surface area contributed by atoms with E-state index in [4.69, 9.17) is 10.5 Å². The Labute approximate surface area is 276 Å². The molecule has 1 atom stereocenters. The number of carbonyl (C=O) groups excluding carboxylic acids is 1. The number of amides is 1. The number of alkyl halides is 8. The summed E-state index contributed by atoms with van der Waals surface area (Å²) in [6.07, 6.45) is -11.6. The van der Waals surface area contributed by atoms with Gasteiger partial charge in [0.1, 0.15) is 12.0 Å². The molecule has 9 nitrogen and oxygen atoms in total. The minimum absolute atomic E-state index is 0.0258. The summed E-state index contributed by atoms with van der Waals surface area (Å²) in [4.78, 5) is 23.1. The lowest BCUT2D eigenvalue weighted by atomic mass is 9.98. The number of aliphatic hydroxyl groups is 1. The SMILES string of the molecule is CN(C(=O)Oc1c(C(C=NCCN2CCN(CC(O)N3CCC(F)(F)C3)CC2)=CN)cc(C(F)(F)F)cc1C(F)(F)F)c1ccc(F)cc1. The molecule has 0 spiro atoms. The maximum absolute atomic E-state index is 14.1. The lowest BCUT2D eigenvalue weighted by Gasteiger charge is -2.36. The number of carbonyl (C=O) groups is 1. The summed E-state index contributed by atoms with van der Waals surface area (Å²) in [5.74, 6) is -4.72. The maximum atomic E-state index is 14.1. The van der Waals surface area contributed by atoms with E-state index in [0.29, 0.717) is 38.8 Å². The fraction of sp³-hybridized carbons (Fsp3) is 0.484. The van der Waals surface area contributed by atoms with Crippen molar-refractivity contribution in [3.05, 3.63) is 65.1 Å². The Morgan fingerprint density at radius 2 is 1.67 bits per heavy atom.